The molecule has 1 aliphatic carbocycles. The van der Waals surface area contributed by atoms with Crippen LogP contribution in [0.2, 0.25) is 0 Å². The molecular weight excluding hydrogens is 212 g/mol. The molecule has 0 aromatic heterocycles. The molecule has 2 nitrogen and oxygen atoms in total. The lowest BCUT2D eigenvalue weighted by atomic mass is 9.63. The summed E-state index contributed by atoms with van der Waals surface area (Å²) in [6.45, 7) is 16.0. The van der Waals surface area contributed by atoms with Crippen LogP contribution in [0.25, 0.3) is 0 Å². The molecule has 0 aliphatic heterocycles. The normalized spacial score (nSPS) is 23.6. The zero-order valence-corrected chi connectivity index (χ0v) is 11.9. The number of hydrogen-bond donors (Lipinski definition) is 0. The van der Waals surface area contributed by atoms with Crippen molar-refractivity contribution in [2.75, 3.05) is 0 Å². The van der Waals surface area contributed by atoms with E-state index in [1.807, 2.05) is 13.8 Å². The second kappa shape index (κ2) is 4.67. The van der Waals surface area contributed by atoms with E-state index in [0.717, 1.165) is 12.0 Å². The fourth-order valence-corrected chi connectivity index (χ4v) is 2.25. The van der Waals surface area contributed by atoms with Gasteiger partial charge in [0.1, 0.15) is 6.10 Å². The molecule has 0 spiro atoms. The van der Waals surface area contributed by atoms with Crippen LogP contribution in [0.1, 0.15) is 48.0 Å². The summed E-state index contributed by atoms with van der Waals surface area (Å²) in [6, 6.07) is 0. The topological polar surface area (TPSA) is 26.3 Å². The quantitative estimate of drug-likeness (QED) is 0.549. The minimum Gasteiger partial charge on any atom is -0.461 e. The van der Waals surface area contributed by atoms with Crippen LogP contribution in [0.5, 0.6) is 0 Å². The van der Waals surface area contributed by atoms with Crippen molar-refractivity contribution in [3.05, 3.63) is 23.3 Å². The predicted octanol–water partition coefficient (Wildman–Crippen LogP) is 3.88. The van der Waals surface area contributed by atoms with Gasteiger partial charge in [-0.15, -0.1) is 0 Å². The summed E-state index contributed by atoms with van der Waals surface area (Å²) < 4.78 is 5.57. The Morgan fingerprint density at radius 1 is 1.41 bits per heavy atom. The molecule has 0 saturated heterocycles. The van der Waals surface area contributed by atoms with E-state index < -0.39 is 0 Å². The van der Waals surface area contributed by atoms with E-state index in [1.54, 1.807) is 0 Å². The maximum absolute atomic E-state index is 11.9. The summed E-state index contributed by atoms with van der Waals surface area (Å²) in [5.74, 6) is -0.357. The maximum atomic E-state index is 11.9. The monoisotopic (exact) mass is 236 g/mol. The van der Waals surface area contributed by atoms with Crippen LogP contribution in [0.4, 0.5) is 0 Å². The fraction of sp³-hybridized carbons (Fsp3) is 0.667. The molecule has 0 bridgehead atoms. The third-order valence-electron chi connectivity index (χ3n) is 3.93. The zero-order valence-electron chi connectivity index (χ0n) is 11.9. The van der Waals surface area contributed by atoms with E-state index in [-0.39, 0.29) is 23.4 Å². The average Bonchev–Trinajstić information content (AvgIpc) is 2.21. The standard InChI is InChI=1S/C15H24O2/c1-9(2)11(5)14(16)17-13-8-12(10(3)4)15(13,6)7/h11,13H,1,8H2,2-7H3. The van der Waals surface area contributed by atoms with Gasteiger partial charge in [0.05, 0.1) is 5.92 Å². The summed E-state index contributed by atoms with van der Waals surface area (Å²) in [6.07, 6.45) is 0.894. The molecule has 2 atom stereocenters. The zero-order chi connectivity index (χ0) is 13.4. The Kier molecular flexibility index (Phi) is 3.85. The van der Waals surface area contributed by atoms with Crippen LogP contribution in [0.15, 0.2) is 23.3 Å². The summed E-state index contributed by atoms with van der Waals surface area (Å²) in [7, 11) is 0. The molecule has 0 aromatic carbocycles. The van der Waals surface area contributed by atoms with Gasteiger partial charge in [-0.05, 0) is 27.7 Å². The number of hydrogen-bond acceptors (Lipinski definition) is 2. The SMILES string of the molecule is C=C(C)C(C)C(=O)OC1CC(=C(C)C)C1(C)C. The third kappa shape index (κ3) is 2.62. The van der Waals surface area contributed by atoms with E-state index in [2.05, 4.69) is 34.3 Å². The first kappa shape index (κ1) is 14.0. The smallest absolute Gasteiger partial charge is 0.313 e. The molecule has 2 heteroatoms. The van der Waals surface area contributed by atoms with Gasteiger partial charge in [0.2, 0.25) is 0 Å². The van der Waals surface area contributed by atoms with Crippen molar-refractivity contribution < 1.29 is 9.53 Å². The van der Waals surface area contributed by atoms with Crippen molar-refractivity contribution in [2.45, 2.75) is 54.1 Å². The number of ether oxygens (including phenoxy) is 1. The Morgan fingerprint density at radius 2 is 1.94 bits per heavy atom. The lowest BCUT2D eigenvalue weighted by Crippen LogP contribution is -2.46. The van der Waals surface area contributed by atoms with Crippen molar-refractivity contribution >= 4 is 5.97 Å². The number of rotatable bonds is 3. The van der Waals surface area contributed by atoms with Crippen LogP contribution >= 0.6 is 0 Å². The van der Waals surface area contributed by atoms with Gasteiger partial charge in [0.15, 0.2) is 0 Å². The van der Waals surface area contributed by atoms with E-state index in [0.29, 0.717) is 0 Å². The van der Waals surface area contributed by atoms with Crippen LogP contribution in [-0.4, -0.2) is 12.1 Å². The molecule has 2 unspecified atom stereocenters. The third-order valence-corrected chi connectivity index (χ3v) is 3.93. The lowest BCUT2D eigenvalue weighted by Gasteiger charge is -2.47. The van der Waals surface area contributed by atoms with Crippen molar-refractivity contribution in [3.63, 3.8) is 0 Å². The Bertz CT molecular complexity index is 370. The second-order valence-corrected chi connectivity index (χ2v) is 5.90. The van der Waals surface area contributed by atoms with Crippen LogP contribution < -0.4 is 0 Å². The molecule has 17 heavy (non-hydrogen) atoms. The van der Waals surface area contributed by atoms with Crippen LogP contribution in [0, 0.1) is 11.3 Å². The van der Waals surface area contributed by atoms with Gasteiger partial charge >= 0.3 is 5.97 Å². The molecule has 0 radical (unpaired) electrons. The molecule has 0 heterocycles. The second-order valence-electron chi connectivity index (χ2n) is 5.90. The molecular formula is C15H24O2. The molecule has 1 fully saturated rings. The summed E-state index contributed by atoms with van der Waals surface area (Å²) >= 11 is 0. The van der Waals surface area contributed by atoms with Gasteiger partial charge in [-0.3, -0.25) is 4.79 Å². The highest BCUT2D eigenvalue weighted by Crippen LogP contribution is 2.49. The Morgan fingerprint density at radius 3 is 2.29 bits per heavy atom. The first-order valence-electron chi connectivity index (χ1n) is 6.20. The average molecular weight is 236 g/mol. The highest BCUT2D eigenvalue weighted by molar-refractivity contribution is 5.75. The summed E-state index contributed by atoms with van der Waals surface area (Å²) in [5, 5.41) is 0. The van der Waals surface area contributed by atoms with E-state index >= 15 is 0 Å². The number of esters is 1. The predicted molar refractivity (Wildman–Crippen MR) is 70.6 cm³/mol. The van der Waals surface area contributed by atoms with Gasteiger partial charge < -0.3 is 4.74 Å². The first-order chi connectivity index (χ1) is 7.67. The highest BCUT2D eigenvalue weighted by Gasteiger charge is 2.46. The van der Waals surface area contributed by atoms with Gasteiger partial charge in [-0.1, -0.05) is 37.1 Å². The Hall–Kier alpha value is -1.05. The summed E-state index contributed by atoms with van der Waals surface area (Å²) in [4.78, 5) is 11.9. The van der Waals surface area contributed by atoms with Gasteiger partial charge in [-0.25, -0.2) is 0 Å². The van der Waals surface area contributed by atoms with E-state index in [9.17, 15) is 4.79 Å². The molecule has 1 rings (SSSR count). The largest absolute Gasteiger partial charge is 0.461 e. The fourth-order valence-electron chi connectivity index (χ4n) is 2.25. The minimum absolute atomic E-state index is 0.0106. The van der Waals surface area contributed by atoms with Crippen molar-refractivity contribution in [2.24, 2.45) is 11.3 Å². The van der Waals surface area contributed by atoms with E-state index in [1.165, 1.54) is 11.1 Å². The summed E-state index contributed by atoms with van der Waals surface area (Å²) in [5.41, 5.74) is 3.60. The van der Waals surface area contributed by atoms with Gasteiger partial charge in [-0.2, -0.15) is 0 Å². The molecule has 0 N–H and O–H groups in total. The number of carbonyl (C=O) groups excluding carboxylic acids is 1. The molecule has 0 aromatic rings. The van der Waals surface area contributed by atoms with Gasteiger partial charge in [0, 0.05) is 11.8 Å². The van der Waals surface area contributed by atoms with Gasteiger partial charge in [0.25, 0.3) is 0 Å². The number of carbonyl (C=O) groups is 1. The molecule has 1 aliphatic rings. The molecule has 0 amide bonds. The van der Waals surface area contributed by atoms with Crippen LogP contribution in [0.3, 0.4) is 0 Å². The maximum Gasteiger partial charge on any atom is 0.313 e. The van der Waals surface area contributed by atoms with Crippen molar-refractivity contribution in [3.8, 4) is 0 Å². The molecule has 1 saturated carbocycles. The van der Waals surface area contributed by atoms with Crippen LogP contribution in [-0.2, 0) is 9.53 Å². The molecule has 96 valence electrons. The number of allylic oxidation sites excluding steroid dienone is 1. The van der Waals surface area contributed by atoms with Crippen molar-refractivity contribution in [1.29, 1.82) is 0 Å². The Labute approximate surface area is 105 Å². The minimum atomic E-state index is -0.207. The highest BCUT2D eigenvalue weighted by atomic mass is 16.5. The van der Waals surface area contributed by atoms with Crippen molar-refractivity contribution in [1.82, 2.24) is 0 Å². The lowest BCUT2D eigenvalue weighted by molar-refractivity contribution is -0.161. The van der Waals surface area contributed by atoms with E-state index in [4.69, 9.17) is 4.74 Å². The Balaban J connectivity index is 2.66. The first-order valence-corrected chi connectivity index (χ1v) is 6.20.